The predicted molar refractivity (Wildman–Crippen MR) is 106 cm³/mol. The quantitative estimate of drug-likeness (QED) is 0.813. The number of hydrogen-bond acceptors (Lipinski definition) is 3. The van der Waals surface area contributed by atoms with Crippen LogP contribution in [0.4, 0.5) is 5.69 Å². The average molecular weight is 366 g/mol. The lowest BCUT2D eigenvalue weighted by Crippen LogP contribution is -2.31. The summed E-state index contributed by atoms with van der Waals surface area (Å²) in [4.78, 5) is 23.7. The number of fused-ring (bicyclic) bond motifs is 1. The molecule has 0 bridgehead atoms. The summed E-state index contributed by atoms with van der Waals surface area (Å²) in [5.41, 5.74) is 4.17. The van der Waals surface area contributed by atoms with Crippen molar-refractivity contribution in [2.45, 2.75) is 45.6 Å². The van der Waals surface area contributed by atoms with Crippen molar-refractivity contribution in [3.63, 3.8) is 0 Å². The van der Waals surface area contributed by atoms with Crippen molar-refractivity contribution >= 4 is 17.5 Å². The highest BCUT2D eigenvalue weighted by Gasteiger charge is 2.17. The maximum Gasteiger partial charge on any atom is 0.258 e. The predicted octanol–water partition coefficient (Wildman–Crippen LogP) is 3.95. The number of carbonyl (C=O) groups is 2. The smallest absolute Gasteiger partial charge is 0.258 e. The minimum absolute atomic E-state index is 0.0209. The van der Waals surface area contributed by atoms with Gasteiger partial charge in [-0.05, 0) is 54.2 Å². The van der Waals surface area contributed by atoms with Crippen molar-refractivity contribution in [1.29, 1.82) is 0 Å². The van der Waals surface area contributed by atoms with Gasteiger partial charge in [-0.1, -0.05) is 38.1 Å². The van der Waals surface area contributed by atoms with Crippen LogP contribution in [0.15, 0.2) is 42.5 Å². The van der Waals surface area contributed by atoms with E-state index >= 15 is 0 Å². The summed E-state index contributed by atoms with van der Waals surface area (Å²) in [6.07, 6.45) is 1.23. The minimum atomic E-state index is -0.163. The molecule has 1 atom stereocenters. The van der Waals surface area contributed by atoms with Crippen molar-refractivity contribution in [2.75, 3.05) is 11.9 Å². The van der Waals surface area contributed by atoms with Crippen LogP contribution < -0.4 is 15.4 Å². The van der Waals surface area contributed by atoms with Crippen LogP contribution >= 0.6 is 0 Å². The summed E-state index contributed by atoms with van der Waals surface area (Å²) in [6, 6.07) is 13.6. The van der Waals surface area contributed by atoms with Gasteiger partial charge in [0.05, 0.1) is 6.04 Å². The molecule has 1 aliphatic heterocycles. The first-order chi connectivity index (χ1) is 12.9. The van der Waals surface area contributed by atoms with Gasteiger partial charge in [0.15, 0.2) is 6.61 Å². The van der Waals surface area contributed by atoms with Gasteiger partial charge in [0.25, 0.3) is 5.91 Å². The minimum Gasteiger partial charge on any atom is -0.484 e. The van der Waals surface area contributed by atoms with Crippen molar-refractivity contribution in [1.82, 2.24) is 5.32 Å². The largest absolute Gasteiger partial charge is 0.484 e. The number of benzene rings is 2. The molecular weight excluding hydrogens is 340 g/mol. The van der Waals surface area contributed by atoms with Crippen molar-refractivity contribution in [2.24, 2.45) is 0 Å². The Morgan fingerprint density at radius 1 is 1.11 bits per heavy atom. The zero-order valence-corrected chi connectivity index (χ0v) is 16.0. The van der Waals surface area contributed by atoms with E-state index in [4.69, 9.17) is 4.74 Å². The van der Waals surface area contributed by atoms with Crippen molar-refractivity contribution in [3.05, 3.63) is 59.2 Å². The summed E-state index contributed by atoms with van der Waals surface area (Å²) in [6.45, 7) is 6.17. The van der Waals surface area contributed by atoms with E-state index in [-0.39, 0.29) is 24.5 Å². The van der Waals surface area contributed by atoms with Gasteiger partial charge in [0.2, 0.25) is 5.91 Å². The number of ether oxygens (including phenoxy) is 1. The molecule has 0 saturated heterocycles. The molecule has 0 saturated carbocycles. The number of rotatable bonds is 6. The van der Waals surface area contributed by atoms with Crippen LogP contribution in [0, 0.1) is 0 Å². The third-order valence-corrected chi connectivity index (χ3v) is 4.80. The highest BCUT2D eigenvalue weighted by atomic mass is 16.5. The van der Waals surface area contributed by atoms with Gasteiger partial charge in [-0.2, -0.15) is 0 Å². The molecular formula is C22H26N2O3. The van der Waals surface area contributed by atoms with Gasteiger partial charge >= 0.3 is 0 Å². The summed E-state index contributed by atoms with van der Waals surface area (Å²) in [5, 5.41) is 5.84. The van der Waals surface area contributed by atoms with E-state index in [1.165, 1.54) is 5.56 Å². The molecule has 5 heteroatoms. The number of nitrogens with one attached hydrogen (secondary N) is 2. The van der Waals surface area contributed by atoms with Crippen LogP contribution in [0.25, 0.3) is 0 Å². The molecule has 1 heterocycles. The lowest BCUT2D eigenvalue weighted by atomic mass is 9.98. The summed E-state index contributed by atoms with van der Waals surface area (Å²) in [7, 11) is 0. The van der Waals surface area contributed by atoms with E-state index in [0.717, 1.165) is 23.2 Å². The Kier molecular flexibility index (Phi) is 5.79. The fraction of sp³-hybridized carbons (Fsp3) is 0.364. The Hall–Kier alpha value is -2.82. The number of aryl methyl sites for hydroxylation is 1. The van der Waals surface area contributed by atoms with Gasteiger partial charge < -0.3 is 15.4 Å². The lowest BCUT2D eigenvalue weighted by molar-refractivity contribution is -0.123. The van der Waals surface area contributed by atoms with Crippen LogP contribution in [-0.2, 0) is 16.0 Å². The molecule has 1 unspecified atom stereocenters. The van der Waals surface area contributed by atoms with Gasteiger partial charge in [-0.3, -0.25) is 9.59 Å². The normalized spacial score (nSPS) is 14.3. The Morgan fingerprint density at radius 2 is 1.93 bits per heavy atom. The summed E-state index contributed by atoms with van der Waals surface area (Å²) < 4.78 is 5.64. The summed E-state index contributed by atoms with van der Waals surface area (Å²) >= 11 is 0. The van der Waals surface area contributed by atoms with E-state index in [0.29, 0.717) is 18.1 Å². The van der Waals surface area contributed by atoms with E-state index in [2.05, 4.69) is 30.5 Å². The highest BCUT2D eigenvalue weighted by Crippen LogP contribution is 2.26. The molecule has 0 spiro atoms. The zero-order valence-electron chi connectivity index (χ0n) is 16.0. The first-order valence-electron chi connectivity index (χ1n) is 9.37. The van der Waals surface area contributed by atoms with Gasteiger partial charge in [-0.25, -0.2) is 0 Å². The third-order valence-electron chi connectivity index (χ3n) is 4.80. The molecule has 2 aromatic rings. The van der Waals surface area contributed by atoms with E-state index in [1.807, 2.05) is 43.3 Å². The molecule has 0 radical (unpaired) electrons. The van der Waals surface area contributed by atoms with E-state index in [1.54, 1.807) is 0 Å². The van der Waals surface area contributed by atoms with Gasteiger partial charge in [0.1, 0.15) is 5.75 Å². The van der Waals surface area contributed by atoms with Crippen molar-refractivity contribution in [3.8, 4) is 5.75 Å². The molecule has 3 rings (SSSR count). The monoisotopic (exact) mass is 366 g/mol. The van der Waals surface area contributed by atoms with Gasteiger partial charge in [-0.15, -0.1) is 0 Å². The molecule has 2 N–H and O–H groups in total. The number of carbonyl (C=O) groups excluding carboxylic acids is 2. The Balaban J connectivity index is 1.56. The Morgan fingerprint density at radius 3 is 2.70 bits per heavy atom. The second kappa shape index (κ2) is 8.25. The molecule has 0 aromatic heterocycles. The van der Waals surface area contributed by atoms with Gasteiger partial charge in [0, 0.05) is 12.1 Å². The van der Waals surface area contributed by atoms with Crippen LogP contribution in [0.2, 0.25) is 0 Å². The first kappa shape index (κ1) is 19.0. The Labute approximate surface area is 160 Å². The molecule has 5 nitrogen and oxygen atoms in total. The first-order valence-corrected chi connectivity index (χ1v) is 9.37. The molecule has 27 heavy (non-hydrogen) atoms. The second-order valence-electron chi connectivity index (χ2n) is 7.27. The number of amides is 2. The molecule has 0 aliphatic carbocycles. The molecule has 142 valence electrons. The van der Waals surface area contributed by atoms with Crippen molar-refractivity contribution < 1.29 is 14.3 Å². The SMILES string of the molecule is CC(C)c1cccc(OCC(=O)NC(C)c2ccc3c(c2)CCC(=O)N3)c1. The maximum absolute atomic E-state index is 12.3. The molecule has 2 aromatic carbocycles. The highest BCUT2D eigenvalue weighted by molar-refractivity contribution is 5.93. The van der Waals surface area contributed by atoms with Crippen LogP contribution in [0.1, 0.15) is 55.8 Å². The fourth-order valence-electron chi connectivity index (χ4n) is 3.15. The molecule has 1 aliphatic rings. The lowest BCUT2D eigenvalue weighted by Gasteiger charge is -2.20. The third kappa shape index (κ3) is 4.88. The molecule has 0 fully saturated rings. The fourth-order valence-corrected chi connectivity index (χ4v) is 3.15. The summed E-state index contributed by atoms with van der Waals surface area (Å²) in [5.74, 6) is 1.00. The average Bonchev–Trinajstić information content (AvgIpc) is 2.66. The second-order valence-corrected chi connectivity index (χ2v) is 7.27. The Bertz CT molecular complexity index is 845. The van der Waals surface area contributed by atoms with Crippen LogP contribution in [-0.4, -0.2) is 18.4 Å². The molecule has 2 amide bonds. The number of hydrogen-bond donors (Lipinski definition) is 2. The van der Waals surface area contributed by atoms with Crippen LogP contribution in [0.5, 0.6) is 5.75 Å². The maximum atomic E-state index is 12.3. The topological polar surface area (TPSA) is 67.4 Å². The van der Waals surface area contributed by atoms with E-state index in [9.17, 15) is 9.59 Å². The van der Waals surface area contributed by atoms with Crippen LogP contribution in [0.3, 0.4) is 0 Å². The standard InChI is InChI=1S/C22H26N2O3/c1-14(2)16-5-4-6-19(12-16)27-13-22(26)23-15(3)17-7-9-20-18(11-17)8-10-21(25)24-20/h4-7,9,11-12,14-15H,8,10,13H2,1-3H3,(H,23,26)(H,24,25). The zero-order chi connectivity index (χ0) is 19.4. The number of anilines is 1. The van der Waals surface area contributed by atoms with E-state index < -0.39 is 0 Å².